The van der Waals surface area contributed by atoms with Crippen LogP contribution in [-0.4, -0.2) is 24.5 Å². The third-order valence-corrected chi connectivity index (χ3v) is 4.47. The minimum atomic E-state index is -0.0418. The standard InChI is InChI=1S/C20H18N2O2/c1-24-16-9-11-17-15(13-16)8-10-18(21-17)20(23)22-12-4-6-14-5-2-3-7-19(14)22/h2-3,5,7-11,13H,4,6,12H2,1H3. The summed E-state index contributed by atoms with van der Waals surface area (Å²) in [7, 11) is 1.64. The second-order valence-corrected chi connectivity index (χ2v) is 5.94. The maximum atomic E-state index is 13.0. The fourth-order valence-electron chi connectivity index (χ4n) is 3.23. The van der Waals surface area contributed by atoms with Crippen LogP contribution in [-0.2, 0) is 6.42 Å². The van der Waals surface area contributed by atoms with Gasteiger partial charge in [0.05, 0.1) is 12.6 Å². The number of anilines is 1. The molecule has 0 atom stereocenters. The summed E-state index contributed by atoms with van der Waals surface area (Å²) in [5.41, 5.74) is 3.50. The van der Waals surface area contributed by atoms with Crippen LogP contribution in [0.2, 0.25) is 0 Å². The molecule has 3 aromatic rings. The van der Waals surface area contributed by atoms with E-state index in [2.05, 4.69) is 11.1 Å². The molecule has 1 aromatic heterocycles. The highest BCUT2D eigenvalue weighted by molar-refractivity contribution is 6.06. The maximum absolute atomic E-state index is 13.0. The summed E-state index contributed by atoms with van der Waals surface area (Å²) in [6.07, 6.45) is 2.00. The molecule has 0 saturated heterocycles. The molecule has 120 valence electrons. The highest BCUT2D eigenvalue weighted by Gasteiger charge is 2.24. The minimum Gasteiger partial charge on any atom is -0.497 e. The molecular formula is C20H18N2O2. The van der Waals surface area contributed by atoms with E-state index >= 15 is 0 Å². The average Bonchev–Trinajstić information content (AvgIpc) is 2.66. The number of hydrogen-bond donors (Lipinski definition) is 0. The van der Waals surface area contributed by atoms with Crippen molar-refractivity contribution >= 4 is 22.5 Å². The van der Waals surface area contributed by atoms with Gasteiger partial charge in [0.1, 0.15) is 11.4 Å². The number of rotatable bonds is 2. The smallest absolute Gasteiger partial charge is 0.276 e. The lowest BCUT2D eigenvalue weighted by Crippen LogP contribution is -2.35. The number of aromatic nitrogens is 1. The number of ether oxygens (including phenoxy) is 1. The normalized spacial score (nSPS) is 13.6. The van der Waals surface area contributed by atoms with Gasteiger partial charge in [0.25, 0.3) is 5.91 Å². The molecule has 4 nitrogen and oxygen atoms in total. The van der Waals surface area contributed by atoms with E-state index in [-0.39, 0.29) is 5.91 Å². The van der Waals surface area contributed by atoms with Crippen LogP contribution < -0.4 is 9.64 Å². The van der Waals surface area contributed by atoms with Gasteiger partial charge in [-0.1, -0.05) is 24.3 Å². The van der Waals surface area contributed by atoms with Gasteiger partial charge in [-0.2, -0.15) is 0 Å². The summed E-state index contributed by atoms with van der Waals surface area (Å²) in [6, 6.07) is 17.5. The highest BCUT2D eigenvalue weighted by atomic mass is 16.5. The minimum absolute atomic E-state index is 0.0418. The summed E-state index contributed by atoms with van der Waals surface area (Å²) in [4.78, 5) is 19.4. The monoisotopic (exact) mass is 318 g/mol. The summed E-state index contributed by atoms with van der Waals surface area (Å²) in [5.74, 6) is 0.744. The zero-order valence-electron chi connectivity index (χ0n) is 13.5. The van der Waals surface area contributed by atoms with Crippen molar-refractivity contribution in [1.82, 2.24) is 4.98 Å². The predicted octanol–water partition coefficient (Wildman–Crippen LogP) is 3.84. The number of methoxy groups -OCH3 is 1. The third-order valence-electron chi connectivity index (χ3n) is 4.47. The molecule has 1 aliphatic heterocycles. The van der Waals surface area contributed by atoms with E-state index in [1.165, 1.54) is 5.56 Å². The van der Waals surface area contributed by atoms with E-state index in [1.807, 2.05) is 47.4 Å². The molecule has 2 heterocycles. The molecule has 0 unspecified atom stereocenters. The van der Waals surface area contributed by atoms with Crippen molar-refractivity contribution in [3.8, 4) is 5.75 Å². The van der Waals surface area contributed by atoms with Gasteiger partial charge in [-0.05, 0) is 48.7 Å². The molecule has 0 N–H and O–H groups in total. The number of pyridine rings is 1. The molecule has 4 rings (SSSR count). The number of aryl methyl sites for hydroxylation is 1. The fraction of sp³-hybridized carbons (Fsp3) is 0.200. The van der Waals surface area contributed by atoms with Crippen LogP contribution in [0.1, 0.15) is 22.5 Å². The highest BCUT2D eigenvalue weighted by Crippen LogP contribution is 2.28. The molecule has 1 aliphatic rings. The van der Waals surface area contributed by atoms with Crippen molar-refractivity contribution in [2.75, 3.05) is 18.6 Å². The van der Waals surface area contributed by atoms with E-state index in [1.54, 1.807) is 13.2 Å². The van der Waals surface area contributed by atoms with Crippen molar-refractivity contribution in [3.05, 3.63) is 65.9 Å². The zero-order valence-corrected chi connectivity index (χ0v) is 13.5. The largest absolute Gasteiger partial charge is 0.497 e. The molecule has 0 fully saturated rings. The molecule has 24 heavy (non-hydrogen) atoms. The molecule has 0 spiro atoms. The Morgan fingerprint density at radius 3 is 2.88 bits per heavy atom. The van der Waals surface area contributed by atoms with Crippen LogP contribution in [0, 0.1) is 0 Å². The van der Waals surface area contributed by atoms with Crippen molar-refractivity contribution < 1.29 is 9.53 Å². The molecule has 2 aromatic carbocycles. The lowest BCUT2D eigenvalue weighted by atomic mass is 10.0. The van der Waals surface area contributed by atoms with Crippen LogP contribution in [0.4, 0.5) is 5.69 Å². The second kappa shape index (κ2) is 5.96. The molecular weight excluding hydrogens is 300 g/mol. The molecule has 4 heteroatoms. The third kappa shape index (κ3) is 2.50. The summed E-state index contributed by atoms with van der Waals surface area (Å²) >= 11 is 0. The van der Waals surface area contributed by atoms with Crippen LogP contribution in [0.3, 0.4) is 0 Å². The van der Waals surface area contributed by atoms with Crippen molar-refractivity contribution in [2.24, 2.45) is 0 Å². The number of carbonyl (C=O) groups excluding carboxylic acids is 1. The Kier molecular flexibility index (Phi) is 3.65. The fourth-order valence-corrected chi connectivity index (χ4v) is 3.23. The lowest BCUT2D eigenvalue weighted by molar-refractivity contribution is 0.0980. The Balaban J connectivity index is 1.71. The first-order valence-corrected chi connectivity index (χ1v) is 8.11. The Morgan fingerprint density at radius 1 is 1.12 bits per heavy atom. The van der Waals surface area contributed by atoms with Crippen LogP contribution in [0.25, 0.3) is 10.9 Å². The second-order valence-electron chi connectivity index (χ2n) is 5.94. The first kappa shape index (κ1) is 14.7. The molecule has 0 radical (unpaired) electrons. The molecule has 0 saturated carbocycles. The van der Waals surface area contributed by atoms with E-state index in [0.29, 0.717) is 5.69 Å². The Morgan fingerprint density at radius 2 is 2.00 bits per heavy atom. The van der Waals surface area contributed by atoms with E-state index in [9.17, 15) is 4.79 Å². The molecule has 1 amide bonds. The van der Waals surface area contributed by atoms with Crippen molar-refractivity contribution in [1.29, 1.82) is 0 Å². The Bertz CT molecular complexity index is 920. The van der Waals surface area contributed by atoms with Crippen molar-refractivity contribution in [2.45, 2.75) is 12.8 Å². The predicted molar refractivity (Wildman–Crippen MR) is 94.7 cm³/mol. The maximum Gasteiger partial charge on any atom is 0.276 e. The van der Waals surface area contributed by atoms with Gasteiger partial charge in [-0.25, -0.2) is 4.98 Å². The SMILES string of the molecule is COc1ccc2nc(C(=O)N3CCCc4ccccc43)ccc2c1. The Hall–Kier alpha value is -2.88. The number of benzene rings is 2. The number of amides is 1. The average molecular weight is 318 g/mol. The number of hydrogen-bond acceptors (Lipinski definition) is 3. The van der Waals surface area contributed by atoms with Crippen LogP contribution in [0.15, 0.2) is 54.6 Å². The van der Waals surface area contributed by atoms with Gasteiger partial charge < -0.3 is 9.64 Å². The molecule has 0 bridgehead atoms. The van der Waals surface area contributed by atoms with Crippen molar-refractivity contribution in [3.63, 3.8) is 0 Å². The van der Waals surface area contributed by atoms with Gasteiger partial charge >= 0.3 is 0 Å². The van der Waals surface area contributed by atoms with Gasteiger partial charge in [0.15, 0.2) is 0 Å². The van der Waals surface area contributed by atoms with Crippen LogP contribution >= 0.6 is 0 Å². The van der Waals surface area contributed by atoms with E-state index in [0.717, 1.165) is 41.7 Å². The first-order valence-electron chi connectivity index (χ1n) is 8.11. The molecule has 0 aliphatic carbocycles. The first-order chi connectivity index (χ1) is 11.8. The van der Waals surface area contributed by atoms with E-state index in [4.69, 9.17) is 4.74 Å². The van der Waals surface area contributed by atoms with Gasteiger partial charge in [0, 0.05) is 17.6 Å². The lowest BCUT2D eigenvalue weighted by Gasteiger charge is -2.29. The Labute approximate surface area is 140 Å². The number of carbonyl (C=O) groups is 1. The van der Waals surface area contributed by atoms with Gasteiger partial charge in [-0.3, -0.25) is 4.79 Å². The van der Waals surface area contributed by atoms with Gasteiger partial charge in [-0.15, -0.1) is 0 Å². The summed E-state index contributed by atoms with van der Waals surface area (Å²) < 4.78 is 5.23. The van der Waals surface area contributed by atoms with E-state index < -0.39 is 0 Å². The van der Waals surface area contributed by atoms with Gasteiger partial charge in [0.2, 0.25) is 0 Å². The number of fused-ring (bicyclic) bond motifs is 2. The number of nitrogens with zero attached hydrogens (tertiary/aromatic N) is 2. The number of para-hydroxylation sites is 1. The van der Waals surface area contributed by atoms with Crippen LogP contribution in [0.5, 0.6) is 5.75 Å². The quantitative estimate of drug-likeness (QED) is 0.721. The topological polar surface area (TPSA) is 42.4 Å². The summed E-state index contributed by atoms with van der Waals surface area (Å²) in [6.45, 7) is 0.734. The zero-order chi connectivity index (χ0) is 16.5. The summed E-state index contributed by atoms with van der Waals surface area (Å²) in [5, 5.41) is 0.963.